The zero-order valence-electron chi connectivity index (χ0n) is 12.9. The molecule has 2 rings (SSSR count). The van der Waals surface area contributed by atoms with Crippen LogP contribution in [0.1, 0.15) is 31.7 Å². The number of benzene rings is 1. The van der Waals surface area contributed by atoms with Gasteiger partial charge in [-0.2, -0.15) is 0 Å². The number of hydrogen-bond donors (Lipinski definition) is 1. The molecular weight excluding hydrogens is 266 g/mol. The number of nitrogens with zero attached hydrogens (tertiary/aromatic N) is 1. The van der Waals surface area contributed by atoms with Crippen molar-refractivity contribution in [2.75, 3.05) is 19.8 Å². The van der Waals surface area contributed by atoms with E-state index in [0.29, 0.717) is 25.4 Å². The minimum absolute atomic E-state index is 0.00445. The largest absolute Gasteiger partial charge is 0.494 e. The predicted molar refractivity (Wildman–Crippen MR) is 82.3 cm³/mol. The topological polar surface area (TPSA) is 49.8 Å². The molecule has 1 amide bonds. The summed E-state index contributed by atoms with van der Waals surface area (Å²) in [7, 11) is 0. The summed E-state index contributed by atoms with van der Waals surface area (Å²) in [6, 6.07) is 7.91. The van der Waals surface area contributed by atoms with E-state index in [1.165, 1.54) is 5.56 Å². The summed E-state index contributed by atoms with van der Waals surface area (Å²) in [6.07, 6.45) is 2.17. The van der Waals surface area contributed by atoms with Crippen molar-refractivity contribution in [3.63, 3.8) is 0 Å². The maximum atomic E-state index is 12.2. The van der Waals surface area contributed by atoms with Crippen LogP contribution in [-0.4, -0.2) is 41.7 Å². The van der Waals surface area contributed by atoms with Crippen LogP contribution in [0.2, 0.25) is 0 Å². The van der Waals surface area contributed by atoms with E-state index in [1.54, 1.807) is 0 Å². The lowest BCUT2D eigenvalue weighted by Crippen LogP contribution is -2.39. The van der Waals surface area contributed by atoms with Crippen LogP contribution in [0.5, 0.6) is 5.75 Å². The Kier molecular flexibility index (Phi) is 5.62. The molecule has 21 heavy (non-hydrogen) atoms. The fourth-order valence-electron chi connectivity index (χ4n) is 2.86. The average molecular weight is 291 g/mol. The monoisotopic (exact) mass is 291 g/mol. The van der Waals surface area contributed by atoms with Crippen molar-refractivity contribution >= 4 is 5.91 Å². The molecule has 0 saturated carbocycles. The third-order valence-corrected chi connectivity index (χ3v) is 4.18. The van der Waals surface area contributed by atoms with Crippen molar-refractivity contribution in [2.45, 2.75) is 39.2 Å². The molecule has 1 aliphatic rings. The molecule has 0 spiro atoms. The normalized spacial score (nSPS) is 21.6. The van der Waals surface area contributed by atoms with Gasteiger partial charge in [0, 0.05) is 13.0 Å². The van der Waals surface area contributed by atoms with Gasteiger partial charge in [0.05, 0.1) is 19.3 Å². The number of rotatable bonds is 6. The SMILES string of the molecule is Cc1cccc(OCCCC(=O)N2CCC(C)C2CO)c1. The molecule has 1 aromatic rings. The number of likely N-dealkylation sites (tertiary alicyclic amines) is 1. The summed E-state index contributed by atoms with van der Waals surface area (Å²) < 4.78 is 5.65. The highest BCUT2D eigenvalue weighted by Gasteiger charge is 2.33. The van der Waals surface area contributed by atoms with E-state index in [9.17, 15) is 9.90 Å². The average Bonchev–Trinajstić information content (AvgIpc) is 2.84. The maximum absolute atomic E-state index is 12.2. The van der Waals surface area contributed by atoms with E-state index in [2.05, 4.69) is 6.92 Å². The Labute approximate surface area is 126 Å². The van der Waals surface area contributed by atoms with Gasteiger partial charge in [-0.25, -0.2) is 0 Å². The van der Waals surface area contributed by atoms with Crippen molar-refractivity contribution in [1.29, 1.82) is 0 Å². The van der Waals surface area contributed by atoms with Crippen LogP contribution in [0, 0.1) is 12.8 Å². The molecule has 1 heterocycles. The summed E-state index contributed by atoms with van der Waals surface area (Å²) in [6.45, 7) is 5.49. The summed E-state index contributed by atoms with van der Waals surface area (Å²) in [5.74, 6) is 1.37. The van der Waals surface area contributed by atoms with Crippen LogP contribution >= 0.6 is 0 Å². The van der Waals surface area contributed by atoms with Gasteiger partial charge in [-0.15, -0.1) is 0 Å². The Morgan fingerprint density at radius 2 is 2.29 bits per heavy atom. The third kappa shape index (κ3) is 4.21. The molecule has 0 aromatic heterocycles. The number of carbonyl (C=O) groups is 1. The van der Waals surface area contributed by atoms with Crippen molar-refractivity contribution in [1.82, 2.24) is 4.90 Å². The fraction of sp³-hybridized carbons (Fsp3) is 0.588. The zero-order chi connectivity index (χ0) is 15.2. The molecule has 0 bridgehead atoms. The van der Waals surface area contributed by atoms with Crippen LogP contribution in [0.15, 0.2) is 24.3 Å². The van der Waals surface area contributed by atoms with Gasteiger partial charge < -0.3 is 14.7 Å². The van der Waals surface area contributed by atoms with E-state index in [4.69, 9.17) is 4.74 Å². The predicted octanol–water partition coefficient (Wildman–Crippen LogP) is 2.38. The lowest BCUT2D eigenvalue weighted by Gasteiger charge is -2.25. The first-order chi connectivity index (χ1) is 10.1. The van der Waals surface area contributed by atoms with Gasteiger partial charge in [-0.3, -0.25) is 4.79 Å². The number of ether oxygens (including phenoxy) is 1. The molecule has 1 fully saturated rings. The van der Waals surface area contributed by atoms with Gasteiger partial charge in [0.25, 0.3) is 0 Å². The molecule has 116 valence electrons. The first-order valence-corrected chi connectivity index (χ1v) is 7.71. The number of carbonyl (C=O) groups excluding carboxylic acids is 1. The second kappa shape index (κ2) is 7.46. The first-order valence-electron chi connectivity index (χ1n) is 7.71. The van der Waals surface area contributed by atoms with Crippen LogP contribution in [-0.2, 0) is 4.79 Å². The quantitative estimate of drug-likeness (QED) is 0.819. The Hall–Kier alpha value is -1.55. The van der Waals surface area contributed by atoms with E-state index >= 15 is 0 Å². The van der Waals surface area contributed by atoms with Crippen LogP contribution in [0.3, 0.4) is 0 Å². The van der Waals surface area contributed by atoms with Gasteiger partial charge in [0.1, 0.15) is 5.75 Å². The van der Waals surface area contributed by atoms with E-state index in [0.717, 1.165) is 18.7 Å². The Morgan fingerprint density at radius 1 is 1.48 bits per heavy atom. The van der Waals surface area contributed by atoms with E-state index < -0.39 is 0 Å². The van der Waals surface area contributed by atoms with Crippen LogP contribution in [0.4, 0.5) is 0 Å². The fourth-order valence-corrected chi connectivity index (χ4v) is 2.86. The second-order valence-corrected chi connectivity index (χ2v) is 5.87. The van der Waals surface area contributed by atoms with Gasteiger partial charge in [0.2, 0.25) is 5.91 Å². The molecule has 1 saturated heterocycles. The highest BCUT2D eigenvalue weighted by Crippen LogP contribution is 2.24. The third-order valence-electron chi connectivity index (χ3n) is 4.18. The lowest BCUT2D eigenvalue weighted by atomic mass is 10.0. The summed E-state index contributed by atoms with van der Waals surface area (Å²) in [5.41, 5.74) is 1.17. The van der Waals surface area contributed by atoms with E-state index in [-0.39, 0.29) is 18.6 Å². The number of aryl methyl sites for hydroxylation is 1. The maximum Gasteiger partial charge on any atom is 0.223 e. The Morgan fingerprint density at radius 3 is 3.00 bits per heavy atom. The Bertz CT molecular complexity index is 475. The summed E-state index contributed by atoms with van der Waals surface area (Å²) >= 11 is 0. The first kappa shape index (κ1) is 15.8. The molecule has 1 N–H and O–H groups in total. The smallest absolute Gasteiger partial charge is 0.223 e. The Balaban J connectivity index is 1.72. The lowest BCUT2D eigenvalue weighted by molar-refractivity contribution is -0.133. The molecule has 0 radical (unpaired) electrons. The van der Waals surface area contributed by atoms with Crippen LogP contribution < -0.4 is 4.74 Å². The van der Waals surface area contributed by atoms with Gasteiger partial charge in [-0.1, -0.05) is 19.1 Å². The molecule has 2 atom stereocenters. The molecule has 0 aliphatic carbocycles. The second-order valence-electron chi connectivity index (χ2n) is 5.87. The zero-order valence-corrected chi connectivity index (χ0v) is 12.9. The molecule has 2 unspecified atom stereocenters. The van der Waals surface area contributed by atoms with Crippen molar-refractivity contribution in [3.8, 4) is 5.75 Å². The molecule has 1 aromatic carbocycles. The minimum Gasteiger partial charge on any atom is -0.494 e. The van der Waals surface area contributed by atoms with E-state index in [1.807, 2.05) is 36.1 Å². The highest BCUT2D eigenvalue weighted by atomic mass is 16.5. The molecule has 4 heteroatoms. The van der Waals surface area contributed by atoms with Gasteiger partial charge in [0.15, 0.2) is 0 Å². The molecule has 4 nitrogen and oxygen atoms in total. The van der Waals surface area contributed by atoms with Gasteiger partial charge >= 0.3 is 0 Å². The van der Waals surface area contributed by atoms with Gasteiger partial charge in [-0.05, 0) is 43.4 Å². The number of hydrogen-bond acceptors (Lipinski definition) is 3. The highest BCUT2D eigenvalue weighted by molar-refractivity contribution is 5.76. The molecular formula is C17H25NO3. The van der Waals surface area contributed by atoms with Crippen LogP contribution in [0.25, 0.3) is 0 Å². The van der Waals surface area contributed by atoms with Crippen molar-refractivity contribution in [2.24, 2.45) is 5.92 Å². The summed E-state index contributed by atoms with van der Waals surface area (Å²) in [5, 5.41) is 9.38. The summed E-state index contributed by atoms with van der Waals surface area (Å²) in [4.78, 5) is 14.0. The molecule has 1 aliphatic heterocycles. The number of aliphatic hydroxyl groups excluding tert-OH is 1. The number of amides is 1. The number of aliphatic hydroxyl groups is 1. The minimum atomic E-state index is -0.00445. The van der Waals surface area contributed by atoms with Crippen molar-refractivity contribution < 1.29 is 14.6 Å². The standard InChI is InChI=1S/C17H25NO3/c1-13-5-3-6-15(11-13)21-10-4-7-17(20)18-9-8-14(2)16(18)12-19/h3,5-6,11,14,16,19H,4,7-10,12H2,1-2H3. The van der Waals surface area contributed by atoms with Crippen molar-refractivity contribution in [3.05, 3.63) is 29.8 Å².